The first-order valence-corrected chi connectivity index (χ1v) is 6.35. The number of pyridine rings is 1. The van der Waals surface area contributed by atoms with Gasteiger partial charge in [-0.05, 0) is 30.2 Å². The monoisotopic (exact) mass is 306 g/mol. The fourth-order valence-corrected chi connectivity index (χ4v) is 2.61. The minimum absolute atomic E-state index is 0.186. The summed E-state index contributed by atoms with van der Waals surface area (Å²) in [6, 6.07) is 9.69. The molecule has 94 valence electrons. The van der Waals surface area contributed by atoms with E-state index in [9.17, 15) is 0 Å². The van der Waals surface area contributed by atoms with Crippen LogP contribution < -0.4 is 17.0 Å². The number of anilines is 1. The van der Waals surface area contributed by atoms with E-state index in [1.807, 2.05) is 37.3 Å². The largest absolute Gasteiger partial charge is 0.383 e. The van der Waals surface area contributed by atoms with Crippen molar-refractivity contribution in [1.29, 1.82) is 0 Å². The molecule has 1 unspecified atom stereocenters. The van der Waals surface area contributed by atoms with E-state index in [0.717, 1.165) is 15.6 Å². The molecule has 1 atom stereocenters. The summed E-state index contributed by atoms with van der Waals surface area (Å²) >= 11 is 3.55. The van der Waals surface area contributed by atoms with Gasteiger partial charge in [0.2, 0.25) is 0 Å². The standard InChI is InChI=1S/C13H15BrN4/c1-8-4-5-9(11(14)7-8)12(18-16)10-3-2-6-17-13(10)15/h2-7,12,18H,16H2,1H3,(H2,15,17). The molecule has 0 amide bonds. The number of halogens is 1. The van der Waals surface area contributed by atoms with E-state index in [1.54, 1.807) is 6.20 Å². The van der Waals surface area contributed by atoms with Gasteiger partial charge in [-0.15, -0.1) is 0 Å². The molecule has 0 spiro atoms. The lowest BCUT2D eigenvalue weighted by atomic mass is 9.99. The van der Waals surface area contributed by atoms with Crippen molar-refractivity contribution < 1.29 is 0 Å². The Morgan fingerprint density at radius 1 is 1.28 bits per heavy atom. The van der Waals surface area contributed by atoms with Crippen molar-refractivity contribution in [3.63, 3.8) is 0 Å². The second-order valence-corrected chi connectivity index (χ2v) is 4.96. The molecule has 1 aromatic heterocycles. The maximum Gasteiger partial charge on any atom is 0.128 e. The Morgan fingerprint density at radius 3 is 2.67 bits per heavy atom. The van der Waals surface area contributed by atoms with Crippen molar-refractivity contribution in [1.82, 2.24) is 10.4 Å². The zero-order chi connectivity index (χ0) is 13.1. The van der Waals surface area contributed by atoms with Crippen LogP contribution in [0.25, 0.3) is 0 Å². The third-order valence-electron chi connectivity index (χ3n) is 2.82. The van der Waals surface area contributed by atoms with Gasteiger partial charge in [-0.2, -0.15) is 0 Å². The highest BCUT2D eigenvalue weighted by molar-refractivity contribution is 9.10. The molecule has 18 heavy (non-hydrogen) atoms. The lowest BCUT2D eigenvalue weighted by Gasteiger charge is -2.19. The number of nitrogens with zero attached hydrogens (tertiary/aromatic N) is 1. The van der Waals surface area contributed by atoms with Crippen molar-refractivity contribution in [3.8, 4) is 0 Å². The maximum atomic E-state index is 5.89. The average molecular weight is 307 g/mol. The maximum absolute atomic E-state index is 5.89. The van der Waals surface area contributed by atoms with Gasteiger partial charge in [0.1, 0.15) is 5.82 Å². The summed E-state index contributed by atoms with van der Waals surface area (Å²) in [5.41, 5.74) is 11.8. The van der Waals surface area contributed by atoms with Gasteiger partial charge >= 0.3 is 0 Å². The molecule has 1 heterocycles. The molecule has 0 saturated carbocycles. The number of aryl methyl sites for hydroxylation is 1. The highest BCUT2D eigenvalue weighted by Gasteiger charge is 2.17. The van der Waals surface area contributed by atoms with E-state index < -0.39 is 0 Å². The molecule has 0 aliphatic rings. The summed E-state index contributed by atoms with van der Waals surface area (Å²) in [6.45, 7) is 2.04. The first-order valence-electron chi connectivity index (χ1n) is 5.56. The minimum atomic E-state index is -0.186. The summed E-state index contributed by atoms with van der Waals surface area (Å²) in [6.07, 6.45) is 1.66. The predicted molar refractivity (Wildman–Crippen MR) is 76.7 cm³/mol. The molecule has 5 heteroatoms. The molecule has 0 radical (unpaired) electrons. The fraction of sp³-hybridized carbons (Fsp3) is 0.154. The molecular formula is C13H15BrN4. The lowest BCUT2D eigenvalue weighted by Crippen LogP contribution is -2.30. The Morgan fingerprint density at radius 2 is 2.06 bits per heavy atom. The van der Waals surface area contributed by atoms with Crippen LogP contribution in [-0.4, -0.2) is 4.98 Å². The number of nitrogen functional groups attached to an aromatic ring is 1. The third-order valence-corrected chi connectivity index (χ3v) is 3.50. The van der Waals surface area contributed by atoms with Crippen LogP contribution >= 0.6 is 15.9 Å². The first-order chi connectivity index (χ1) is 8.63. The molecule has 0 aliphatic carbocycles. The third kappa shape index (κ3) is 2.53. The Bertz CT molecular complexity index is 556. The van der Waals surface area contributed by atoms with Crippen LogP contribution in [0.15, 0.2) is 41.0 Å². The number of hydrogen-bond donors (Lipinski definition) is 3. The van der Waals surface area contributed by atoms with E-state index in [0.29, 0.717) is 5.82 Å². The molecule has 1 aromatic carbocycles. The van der Waals surface area contributed by atoms with Crippen LogP contribution in [0.5, 0.6) is 0 Å². The second-order valence-electron chi connectivity index (χ2n) is 4.10. The molecule has 4 nitrogen and oxygen atoms in total. The van der Waals surface area contributed by atoms with Gasteiger partial charge in [-0.25, -0.2) is 10.4 Å². The van der Waals surface area contributed by atoms with Crippen molar-refractivity contribution in [2.75, 3.05) is 5.73 Å². The van der Waals surface area contributed by atoms with Gasteiger partial charge in [0.15, 0.2) is 0 Å². The molecule has 2 aromatic rings. The smallest absolute Gasteiger partial charge is 0.128 e. The van der Waals surface area contributed by atoms with Crippen molar-refractivity contribution in [2.45, 2.75) is 13.0 Å². The summed E-state index contributed by atoms with van der Waals surface area (Å²) in [5.74, 6) is 6.14. The normalized spacial score (nSPS) is 12.4. The molecule has 0 saturated heterocycles. The first kappa shape index (κ1) is 13.0. The SMILES string of the molecule is Cc1ccc(C(NN)c2cccnc2N)c(Br)c1. The van der Waals surface area contributed by atoms with E-state index in [4.69, 9.17) is 11.6 Å². The lowest BCUT2D eigenvalue weighted by molar-refractivity contribution is 0.634. The number of benzene rings is 1. The summed E-state index contributed by atoms with van der Waals surface area (Å²) in [5, 5.41) is 0. The van der Waals surface area contributed by atoms with Crippen LogP contribution in [0.2, 0.25) is 0 Å². The van der Waals surface area contributed by atoms with E-state index in [1.165, 1.54) is 5.56 Å². The quantitative estimate of drug-likeness (QED) is 0.600. The Kier molecular flexibility index (Phi) is 3.96. The molecular weight excluding hydrogens is 292 g/mol. The molecule has 5 N–H and O–H groups in total. The second kappa shape index (κ2) is 5.48. The number of hydrogen-bond acceptors (Lipinski definition) is 4. The van der Waals surface area contributed by atoms with Crippen molar-refractivity contribution >= 4 is 21.7 Å². The topological polar surface area (TPSA) is 77.0 Å². The van der Waals surface area contributed by atoms with Crippen molar-refractivity contribution in [3.05, 3.63) is 57.7 Å². The van der Waals surface area contributed by atoms with Crippen LogP contribution in [0, 0.1) is 6.92 Å². The Balaban J connectivity index is 2.49. The van der Waals surface area contributed by atoms with Crippen molar-refractivity contribution in [2.24, 2.45) is 5.84 Å². The van der Waals surface area contributed by atoms with Crippen LogP contribution in [0.1, 0.15) is 22.7 Å². The number of aromatic nitrogens is 1. The number of nitrogens with one attached hydrogen (secondary N) is 1. The summed E-state index contributed by atoms with van der Waals surface area (Å²) in [4.78, 5) is 4.09. The molecule has 0 aliphatic heterocycles. The highest BCUT2D eigenvalue weighted by Crippen LogP contribution is 2.30. The predicted octanol–water partition coefficient (Wildman–Crippen LogP) is 2.29. The molecule has 2 rings (SSSR count). The molecule has 0 bridgehead atoms. The number of hydrazine groups is 1. The van der Waals surface area contributed by atoms with Gasteiger partial charge in [0.05, 0.1) is 6.04 Å². The van der Waals surface area contributed by atoms with Crippen LogP contribution in [0.3, 0.4) is 0 Å². The zero-order valence-corrected chi connectivity index (χ0v) is 11.6. The van der Waals surface area contributed by atoms with Gasteiger partial charge in [0, 0.05) is 16.2 Å². The summed E-state index contributed by atoms with van der Waals surface area (Å²) in [7, 11) is 0. The van der Waals surface area contributed by atoms with Crippen LogP contribution in [-0.2, 0) is 0 Å². The van der Waals surface area contributed by atoms with Gasteiger partial charge in [-0.1, -0.05) is 34.1 Å². The Hall–Kier alpha value is -1.43. The van der Waals surface area contributed by atoms with E-state index in [-0.39, 0.29) is 6.04 Å². The average Bonchev–Trinajstić information content (AvgIpc) is 2.34. The summed E-state index contributed by atoms with van der Waals surface area (Å²) < 4.78 is 0.994. The van der Waals surface area contributed by atoms with Gasteiger partial charge < -0.3 is 5.73 Å². The minimum Gasteiger partial charge on any atom is -0.383 e. The number of rotatable bonds is 3. The van der Waals surface area contributed by atoms with E-state index >= 15 is 0 Å². The zero-order valence-electron chi connectivity index (χ0n) is 10.0. The van der Waals surface area contributed by atoms with Crippen LogP contribution in [0.4, 0.5) is 5.82 Å². The fourth-order valence-electron chi connectivity index (χ4n) is 1.89. The molecule has 0 fully saturated rings. The van der Waals surface area contributed by atoms with Gasteiger partial charge in [0.25, 0.3) is 0 Å². The highest BCUT2D eigenvalue weighted by atomic mass is 79.9. The van der Waals surface area contributed by atoms with E-state index in [2.05, 4.69) is 26.3 Å². The Labute approximate surface area is 115 Å². The number of nitrogens with two attached hydrogens (primary N) is 2. The van der Waals surface area contributed by atoms with Gasteiger partial charge in [-0.3, -0.25) is 5.84 Å².